The van der Waals surface area contributed by atoms with Crippen LogP contribution in [0.15, 0.2) is 95.9 Å². The van der Waals surface area contributed by atoms with Crippen LogP contribution in [0.4, 0.5) is 0 Å². The van der Waals surface area contributed by atoms with Crippen molar-refractivity contribution in [2.75, 3.05) is 6.61 Å². The van der Waals surface area contributed by atoms with E-state index in [0.29, 0.717) is 5.56 Å². The summed E-state index contributed by atoms with van der Waals surface area (Å²) in [4.78, 5) is 13.8. The molecule has 2 aliphatic rings. The normalized spacial score (nSPS) is 29.1. The van der Waals surface area contributed by atoms with Gasteiger partial charge in [0.2, 0.25) is 0 Å². The van der Waals surface area contributed by atoms with Crippen LogP contribution in [-0.2, 0) is 18.9 Å². The predicted molar refractivity (Wildman–Crippen MR) is 123 cm³/mol. The second-order valence-corrected chi connectivity index (χ2v) is 9.05. The molecule has 2 saturated heterocycles. The summed E-state index contributed by atoms with van der Waals surface area (Å²) >= 11 is 1.38. The molecule has 6 atom stereocenters. The molecule has 2 aliphatic heterocycles. The fourth-order valence-electron chi connectivity index (χ4n) is 3.97. The first-order valence-electron chi connectivity index (χ1n) is 10.8. The van der Waals surface area contributed by atoms with E-state index in [0.717, 1.165) is 10.5 Å². The van der Waals surface area contributed by atoms with Crippen molar-refractivity contribution in [1.82, 2.24) is 0 Å². The van der Waals surface area contributed by atoms with Gasteiger partial charge in [-0.05, 0) is 24.3 Å². The molecule has 7 heteroatoms. The van der Waals surface area contributed by atoms with Crippen molar-refractivity contribution in [3.63, 3.8) is 0 Å². The van der Waals surface area contributed by atoms with E-state index in [-0.39, 0.29) is 6.61 Å². The molecule has 3 aromatic carbocycles. The van der Waals surface area contributed by atoms with E-state index in [9.17, 15) is 9.90 Å². The molecular weight excluding hydrogens is 440 g/mol. The average molecular weight is 465 g/mol. The molecule has 0 amide bonds. The molecule has 0 saturated carbocycles. The van der Waals surface area contributed by atoms with E-state index < -0.39 is 42.1 Å². The fraction of sp³-hybridized carbons (Fsp3) is 0.269. The number of fused-ring (bicyclic) bond motifs is 1. The Hall–Kier alpha value is -2.68. The van der Waals surface area contributed by atoms with Gasteiger partial charge in [0.25, 0.3) is 0 Å². The fourth-order valence-corrected chi connectivity index (χ4v) is 5.05. The standard InChI is InChI=1S/C26H24O6S/c27-21-23(31-24(28)17-10-4-1-5-11-17)22-20(30-26(21)33-19-14-8-3-9-15-19)16-29-25(32-22)18-12-6-2-7-13-18/h1-15,20-23,25-27H,16H2/t20-,21-,22-,23-,25?,26+/m1/s1. The molecule has 0 bridgehead atoms. The summed E-state index contributed by atoms with van der Waals surface area (Å²) in [5.74, 6) is -0.518. The smallest absolute Gasteiger partial charge is 0.338 e. The predicted octanol–water partition coefficient (Wildman–Crippen LogP) is 4.20. The lowest BCUT2D eigenvalue weighted by molar-refractivity contribution is -0.317. The number of esters is 1. The summed E-state index contributed by atoms with van der Waals surface area (Å²) in [5.41, 5.74) is 0.605. The minimum Gasteiger partial charge on any atom is -0.453 e. The third kappa shape index (κ3) is 4.98. The van der Waals surface area contributed by atoms with Gasteiger partial charge in [0, 0.05) is 10.5 Å². The Labute approximate surface area is 196 Å². The first kappa shape index (κ1) is 22.1. The number of hydrogen-bond acceptors (Lipinski definition) is 7. The van der Waals surface area contributed by atoms with Crippen molar-refractivity contribution in [1.29, 1.82) is 0 Å². The largest absolute Gasteiger partial charge is 0.453 e. The Kier molecular flexibility index (Phi) is 6.75. The maximum absolute atomic E-state index is 12.9. The van der Waals surface area contributed by atoms with E-state index in [1.807, 2.05) is 66.7 Å². The highest BCUT2D eigenvalue weighted by molar-refractivity contribution is 7.99. The number of carbonyl (C=O) groups is 1. The van der Waals surface area contributed by atoms with E-state index in [1.165, 1.54) is 11.8 Å². The maximum Gasteiger partial charge on any atom is 0.338 e. The Bertz CT molecular complexity index is 1050. The maximum atomic E-state index is 12.9. The molecular formula is C26H24O6S. The van der Waals surface area contributed by atoms with Crippen LogP contribution in [0.2, 0.25) is 0 Å². The third-order valence-electron chi connectivity index (χ3n) is 5.63. The molecule has 0 spiro atoms. The Morgan fingerprint density at radius 1 is 0.879 bits per heavy atom. The van der Waals surface area contributed by atoms with Crippen LogP contribution >= 0.6 is 11.8 Å². The summed E-state index contributed by atoms with van der Waals surface area (Å²) in [7, 11) is 0. The van der Waals surface area contributed by atoms with Crippen molar-refractivity contribution < 1.29 is 28.8 Å². The van der Waals surface area contributed by atoms with Gasteiger partial charge in [-0.3, -0.25) is 0 Å². The minimum absolute atomic E-state index is 0.252. The molecule has 0 radical (unpaired) electrons. The topological polar surface area (TPSA) is 74.2 Å². The number of aliphatic hydroxyl groups is 1. The van der Waals surface area contributed by atoms with Gasteiger partial charge in [-0.2, -0.15) is 0 Å². The van der Waals surface area contributed by atoms with Crippen molar-refractivity contribution in [2.24, 2.45) is 0 Å². The first-order chi connectivity index (χ1) is 16.2. The molecule has 0 aromatic heterocycles. The highest BCUT2D eigenvalue weighted by Crippen LogP contribution is 2.40. The van der Waals surface area contributed by atoms with Gasteiger partial charge >= 0.3 is 5.97 Å². The van der Waals surface area contributed by atoms with Crippen LogP contribution in [0.5, 0.6) is 0 Å². The SMILES string of the molecule is O=C(O[C@@H]1[C@@H](O)[C@H](Sc2ccccc2)O[C@@H]2COC(c3ccccc3)O[C@@H]12)c1ccccc1. The molecule has 6 nitrogen and oxygen atoms in total. The number of hydrogen-bond donors (Lipinski definition) is 1. The number of rotatable bonds is 5. The molecule has 5 rings (SSSR count). The average Bonchev–Trinajstić information content (AvgIpc) is 2.88. The van der Waals surface area contributed by atoms with Crippen molar-refractivity contribution in [2.45, 2.75) is 41.0 Å². The molecule has 33 heavy (non-hydrogen) atoms. The highest BCUT2D eigenvalue weighted by atomic mass is 32.2. The third-order valence-corrected chi connectivity index (χ3v) is 6.79. The zero-order valence-corrected chi connectivity index (χ0v) is 18.5. The first-order valence-corrected chi connectivity index (χ1v) is 11.7. The zero-order valence-electron chi connectivity index (χ0n) is 17.7. The minimum atomic E-state index is -1.10. The Morgan fingerprint density at radius 3 is 2.21 bits per heavy atom. The van der Waals surface area contributed by atoms with Crippen LogP contribution in [-0.4, -0.2) is 47.5 Å². The van der Waals surface area contributed by atoms with Crippen molar-refractivity contribution >= 4 is 17.7 Å². The lowest BCUT2D eigenvalue weighted by Crippen LogP contribution is -2.62. The zero-order chi connectivity index (χ0) is 22.6. The molecule has 3 aromatic rings. The van der Waals surface area contributed by atoms with Crippen LogP contribution in [0.1, 0.15) is 22.2 Å². The second-order valence-electron chi connectivity index (χ2n) is 7.88. The number of benzene rings is 3. The van der Waals surface area contributed by atoms with Gasteiger partial charge < -0.3 is 24.1 Å². The summed E-state index contributed by atoms with van der Waals surface area (Å²) in [6.45, 7) is 0.252. The van der Waals surface area contributed by atoms with Gasteiger partial charge in [0.1, 0.15) is 23.7 Å². The monoisotopic (exact) mass is 464 g/mol. The quantitative estimate of drug-likeness (QED) is 0.567. The molecule has 0 aliphatic carbocycles. The van der Waals surface area contributed by atoms with Crippen molar-refractivity contribution in [3.05, 3.63) is 102 Å². The van der Waals surface area contributed by atoms with E-state index in [4.69, 9.17) is 18.9 Å². The number of ether oxygens (including phenoxy) is 4. The lowest BCUT2D eigenvalue weighted by atomic mass is 9.98. The second kappa shape index (κ2) is 10.1. The molecule has 2 heterocycles. The van der Waals surface area contributed by atoms with E-state index >= 15 is 0 Å². The summed E-state index contributed by atoms with van der Waals surface area (Å²) in [6.07, 6.45) is -3.84. The van der Waals surface area contributed by atoms with Gasteiger partial charge in [-0.1, -0.05) is 78.5 Å². The summed E-state index contributed by atoms with van der Waals surface area (Å²) in [6, 6.07) is 27.9. The van der Waals surface area contributed by atoms with Gasteiger partial charge in [-0.15, -0.1) is 0 Å². The van der Waals surface area contributed by atoms with Crippen LogP contribution < -0.4 is 0 Å². The van der Waals surface area contributed by atoms with Crippen LogP contribution in [0.25, 0.3) is 0 Å². The Balaban J connectivity index is 1.40. The number of thioether (sulfide) groups is 1. The van der Waals surface area contributed by atoms with Crippen molar-refractivity contribution in [3.8, 4) is 0 Å². The van der Waals surface area contributed by atoms with E-state index in [1.54, 1.807) is 24.3 Å². The van der Waals surface area contributed by atoms with Crippen LogP contribution in [0.3, 0.4) is 0 Å². The molecule has 170 valence electrons. The number of carbonyl (C=O) groups excluding carboxylic acids is 1. The van der Waals surface area contributed by atoms with Crippen LogP contribution in [0, 0.1) is 0 Å². The molecule has 1 N–H and O–H groups in total. The number of aliphatic hydroxyl groups excluding tert-OH is 1. The molecule has 2 fully saturated rings. The highest BCUT2D eigenvalue weighted by Gasteiger charge is 2.51. The van der Waals surface area contributed by atoms with Gasteiger partial charge in [-0.25, -0.2) is 4.79 Å². The Morgan fingerprint density at radius 2 is 1.52 bits per heavy atom. The molecule has 1 unspecified atom stereocenters. The lowest BCUT2D eigenvalue weighted by Gasteiger charge is -2.47. The summed E-state index contributed by atoms with van der Waals surface area (Å²) < 4.78 is 24.2. The summed E-state index contributed by atoms with van der Waals surface area (Å²) in [5, 5.41) is 11.2. The van der Waals surface area contributed by atoms with E-state index in [2.05, 4.69) is 0 Å². The van der Waals surface area contributed by atoms with Gasteiger partial charge in [0.05, 0.1) is 12.2 Å². The van der Waals surface area contributed by atoms with Gasteiger partial charge in [0.15, 0.2) is 12.4 Å².